The molecule has 0 radical (unpaired) electrons. The van der Waals surface area contributed by atoms with Gasteiger partial charge in [0.1, 0.15) is 5.82 Å². The maximum absolute atomic E-state index is 13.9. The average Bonchev–Trinajstić information content (AvgIpc) is 2.67. The number of alkyl halides is 3. The van der Waals surface area contributed by atoms with E-state index >= 15 is 0 Å². The van der Waals surface area contributed by atoms with Gasteiger partial charge in [-0.15, -0.1) is 0 Å². The first-order chi connectivity index (χ1) is 13.7. The number of aryl methyl sites for hydroxylation is 1. The molecule has 2 aromatic carbocycles. The van der Waals surface area contributed by atoms with E-state index in [9.17, 15) is 22.4 Å². The summed E-state index contributed by atoms with van der Waals surface area (Å²) >= 11 is 1.85. The van der Waals surface area contributed by atoms with Crippen LogP contribution in [-0.4, -0.2) is 15.9 Å². The van der Waals surface area contributed by atoms with Crippen molar-refractivity contribution in [1.82, 2.24) is 9.97 Å². The fourth-order valence-corrected chi connectivity index (χ4v) is 3.43. The predicted molar refractivity (Wildman–Crippen MR) is 109 cm³/mol. The van der Waals surface area contributed by atoms with Crippen LogP contribution in [0.3, 0.4) is 0 Å². The summed E-state index contributed by atoms with van der Waals surface area (Å²) in [6.07, 6.45) is -1.46. The molecule has 150 valence electrons. The zero-order valence-corrected chi connectivity index (χ0v) is 17.2. The molecule has 0 bridgehead atoms. The number of nitrogens with one attached hydrogen (secondary N) is 1. The van der Waals surface area contributed by atoms with Crippen LogP contribution < -0.4 is 5.32 Å². The maximum Gasteiger partial charge on any atom is 0.416 e. The fraction of sp³-hybridized carbons (Fsp3) is 0.150. The van der Waals surface area contributed by atoms with Crippen LogP contribution in [0.4, 0.5) is 23.4 Å². The van der Waals surface area contributed by atoms with E-state index in [0.29, 0.717) is 21.1 Å². The van der Waals surface area contributed by atoms with E-state index < -0.39 is 23.5 Å². The zero-order chi connectivity index (χ0) is 21.2. The Morgan fingerprint density at radius 2 is 1.90 bits per heavy atom. The van der Waals surface area contributed by atoms with Gasteiger partial charge in [0, 0.05) is 9.13 Å². The normalized spacial score (nSPS) is 11.4. The summed E-state index contributed by atoms with van der Waals surface area (Å²) in [7, 11) is 0. The second kappa shape index (κ2) is 8.44. The molecule has 0 aliphatic carbocycles. The second-order valence-electron chi connectivity index (χ2n) is 6.06. The molecule has 1 N–H and O–H groups in total. The highest BCUT2D eigenvalue weighted by Gasteiger charge is 2.31. The number of carbonyl (C=O) groups is 1. The van der Waals surface area contributed by atoms with E-state index in [1.165, 1.54) is 30.6 Å². The van der Waals surface area contributed by atoms with Crippen molar-refractivity contribution >= 4 is 34.3 Å². The summed E-state index contributed by atoms with van der Waals surface area (Å²) in [5.74, 6) is -1.30. The molecular formula is C20H14F4IN3O. The van der Waals surface area contributed by atoms with Gasteiger partial charge in [-0.25, -0.2) is 9.37 Å². The fourth-order valence-electron chi connectivity index (χ4n) is 2.72. The number of anilines is 1. The van der Waals surface area contributed by atoms with E-state index in [1.807, 2.05) is 29.5 Å². The summed E-state index contributed by atoms with van der Waals surface area (Å²) in [6.45, 7) is 1.82. The Balaban J connectivity index is 1.88. The average molecular weight is 515 g/mol. The molecular weight excluding hydrogens is 501 g/mol. The molecule has 0 saturated heterocycles. The Morgan fingerprint density at radius 3 is 2.48 bits per heavy atom. The van der Waals surface area contributed by atoms with Gasteiger partial charge in [0.25, 0.3) is 5.91 Å². The van der Waals surface area contributed by atoms with Gasteiger partial charge in [0.05, 0.1) is 29.2 Å². The summed E-state index contributed by atoms with van der Waals surface area (Å²) in [4.78, 5) is 20.5. The van der Waals surface area contributed by atoms with E-state index in [1.54, 1.807) is 6.07 Å². The predicted octanol–water partition coefficient (Wildman–Crippen LogP) is 5.72. The highest BCUT2D eigenvalue weighted by Crippen LogP contribution is 2.33. The monoisotopic (exact) mass is 515 g/mol. The van der Waals surface area contributed by atoms with E-state index in [4.69, 9.17) is 0 Å². The molecule has 0 fully saturated rings. The smallest absolute Gasteiger partial charge is 0.305 e. The van der Waals surface area contributed by atoms with Gasteiger partial charge in [-0.1, -0.05) is 19.1 Å². The lowest BCUT2D eigenvalue weighted by atomic mass is 9.99. The zero-order valence-electron chi connectivity index (χ0n) is 15.0. The van der Waals surface area contributed by atoms with E-state index in [2.05, 4.69) is 15.3 Å². The number of nitrogens with zero attached hydrogens (tertiary/aromatic N) is 2. The van der Waals surface area contributed by atoms with Crippen LogP contribution in [0.15, 0.2) is 48.8 Å². The van der Waals surface area contributed by atoms with Crippen molar-refractivity contribution < 1.29 is 22.4 Å². The Labute approximate surface area is 177 Å². The first kappa shape index (κ1) is 21.2. The Hall–Kier alpha value is -2.56. The number of aromatic nitrogens is 2. The van der Waals surface area contributed by atoms with Crippen molar-refractivity contribution in [2.75, 3.05) is 5.32 Å². The number of rotatable bonds is 4. The van der Waals surface area contributed by atoms with Crippen LogP contribution in [0.2, 0.25) is 0 Å². The number of amides is 1. The number of hydrogen-bond acceptors (Lipinski definition) is 3. The highest BCUT2D eigenvalue weighted by molar-refractivity contribution is 14.1. The second-order valence-corrected chi connectivity index (χ2v) is 7.22. The van der Waals surface area contributed by atoms with Gasteiger partial charge in [-0.05, 0) is 58.8 Å². The van der Waals surface area contributed by atoms with Crippen LogP contribution >= 0.6 is 22.6 Å². The molecule has 0 aliphatic heterocycles. The first-order valence-electron chi connectivity index (χ1n) is 8.48. The quantitative estimate of drug-likeness (QED) is 0.357. The molecule has 3 aromatic rings. The van der Waals surface area contributed by atoms with Crippen molar-refractivity contribution in [2.24, 2.45) is 0 Å². The van der Waals surface area contributed by atoms with Crippen LogP contribution in [0.1, 0.15) is 28.4 Å². The number of hydrogen-bond donors (Lipinski definition) is 1. The molecule has 0 atom stereocenters. The van der Waals surface area contributed by atoms with E-state index in [0.717, 1.165) is 12.1 Å². The summed E-state index contributed by atoms with van der Waals surface area (Å²) in [6, 6.07) is 7.72. The minimum Gasteiger partial charge on any atom is -0.305 e. The Kier molecular flexibility index (Phi) is 6.15. The highest BCUT2D eigenvalue weighted by atomic mass is 127. The SMILES string of the molecule is CCc1ccc(C(F)(F)F)cc1-c1cnc(NC(=O)c2c(F)cccc2I)cn1. The van der Waals surface area contributed by atoms with Gasteiger partial charge in [0.2, 0.25) is 0 Å². The van der Waals surface area contributed by atoms with Gasteiger partial charge >= 0.3 is 6.18 Å². The van der Waals surface area contributed by atoms with Gasteiger partial charge in [0.15, 0.2) is 5.82 Å². The van der Waals surface area contributed by atoms with Crippen molar-refractivity contribution in [3.05, 3.63) is 74.9 Å². The molecule has 9 heteroatoms. The molecule has 0 unspecified atom stereocenters. The van der Waals surface area contributed by atoms with Gasteiger partial charge in [-0.2, -0.15) is 13.2 Å². The van der Waals surface area contributed by atoms with E-state index in [-0.39, 0.29) is 17.1 Å². The minimum atomic E-state index is -4.47. The molecule has 4 nitrogen and oxygen atoms in total. The molecule has 3 rings (SSSR count). The number of halogens is 5. The first-order valence-corrected chi connectivity index (χ1v) is 9.56. The van der Waals surface area contributed by atoms with Crippen LogP contribution in [0.25, 0.3) is 11.3 Å². The summed E-state index contributed by atoms with van der Waals surface area (Å²) < 4.78 is 53.5. The molecule has 0 spiro atoms. The third-order valence-electron chi connectivity index (χ3n) is 4.18. The maximum atomic E-state index is 13.9. The van der Waals surface area contributed by atoms with Crippen molar-refractivity contribution in [3.8, 4) is 11.3 Å². The largest absolute Gasteiger partial charge is 0.416 e. The molecule has 29 heavy (non-hydrogen) atoms. The molecule has 0 saturated carbocycles. The third-order valence-corrected chi connectivity index (χ3v) is 5.08. The molecule has 1 amide bonds. The number of carbonyl (C=O) groups excluding carboxylic acids is 1. The molecule has 0 aliphatic rings. The Morgan fingerprint density at radius 1 is 1.14 bits per heavy atom. The standard InChI is InChI=1S/C20H14F4IN3O/c1-2-11-6-7-12(20(22,23)24)8-13(11)16-9-27-17(10-26-16)28-19(29)18-14(21)4-3-5-15(18)25/h3-10H,2H2,1H3,(H,27,28,29). The van der Waals surface area contributed by atoms with Crippen LogP contribution in [0.5, 0.6) is 0 Å². The molecule has 1 aromatic heterocycles. The van der Waals surface area contributed by atoms with Gasteiger partial charge < -0.3 is 5.32 Å². The lowest BCUT2D eigenvalue weighted by Gasteiger charge is -2.13. The van der Waals surface area contributed by atoms with Crippen molar-refractivity contribution in [1.29, 1.82) is 0 Å². The van der Waals surface area contributed by atoms with Crippen LogP contribution in [-0.2, 0) is 12.6 Å². The molecule has 1 heterocycles. The summed E-state index contributed by atoms with van der Waals surface area (Å²) in [5, 5.41) is 2.45. The summed E-state index contributed by atoms with van der Waals surface area (Å²) in [5.41, 5.74) is 0.343. The van der Waals surface area contributed by atoms with Crippen molar-refractivity contribution in [3.63, 3.8) is 0 Å². The van der Waals surface area contributed by atoms with Crippen molar-refractivity contribution in [2.45, 2.75) is 19.5 Å². The van der Waals surface area contributed by atoms with Crippen LogP contribution in [0, 0.1) is 9.39 Å². The lowest BCUT2D eigenvalue weighted by molar-refractivity contribution is -0.137. The minimum absolute atomic E-state index is 0.0582. The van der Waals surface area contributed by atoms with Gasteiger partial charge in [-0.3, -0.25) is 9.78 Å². The number of benzene rings is 2. The topological polar surface area (TPSA) is 54.9 Å². The lowest BCUT2D eigenvalue weighted by Crippen LogP contribution is -2.16. The Bertz CT molecular complexity index is 1030. The third kappa shape index (κ3) is 4.72.